The predicted octanol–water partition coefficient (Wildman–Crippen LogP) is 1.92. The number of guanidine groups is 1. The fourth-order valence-corrected chi connectivity index (χ4v) is 3.19. The lowest BCUT2D eigenvalue weighted by Gasteiger charge is -2.11. The van der Waals surface area contributed by atoms with Gasteiger partial charge in [0.25, 0.3) is 0 Å². The number of hydrogen-bond donors (Lipinski definition) is 3. The van der Waals surface area contributed by atoms with Crippen molar-refractivity contribution in [2.45, 2.75) is 17.9 Å². The Hall–Kier alpha value is -1.17. The van der Waals surface area contributed by atoms with E-state index in [0.29, 0.717) is 12.5 Å². The summed E-state index contributed by atoms with van der Waals surface area (Å²) in [6.07, 6.45) is 0.946. The number of nitrogens with two attached hydrogens (primary N) is 1. The van der Waals surface area contributed by atoms with Crippen molar-refractivity contribution in [2.75, 3.05) is 13.6 Å². The topological polar surface area (TPSA) is 96.6 Å². The van der Waals surface area contributed by atoms with Crippen LogP contribution in [-0.4, -0.2) is 28.0 Å². The largest absolute Gasteiger partial charge is 0.356 e. The van der Waals surface area contributed by atoms with E-state index in [1.54, 1.807) is 30.5 Å². The van der Waals surface area contributed by atoms with Gasteiger partial charge in [-0.1, -0.05) is 18.2 Å². The van der Waals surface area contributed by atoms with Crippen molar-refractivity contribution in [1.82, 2.24) is 10.6 Å². The van der Waals surface area contributed by atoms with Gasteiger partial charge in [-0.25, -0.2) is 13.6 Å². The second-order valence-electron chi connectivity index (χ2n) is 4.87. The molecule has 0 saturated heterocycles. The summed E-state index contributed by atoms with van der Waals surface area (Å²) in [6.45, 7) is 1.34. The number of nitrogens with zero attached hydrogens (tertiary/aromatic N) is 1. The monoisotopic (exact) mass is 480 g/mol. The summed E-state index contributed by atoms with van der Waals surface area (Å²) in [7, 11) is -1.93. The number of aliphatic imine (C=N–C) groups is 1. The Bertz CT molecular complexity index is 744. The quantitative estimate of drug-likeness (QED) is 0.335. The first-order chi connectivity index (χ1) is 11.0. The van der Waals surface area contributed by atoms with E-state index in [0.717, 1.165) is 18.5 Å². The molecule has 0 aliphatic heterocycles. The maximum absolute atomic E-state index is 11.2. The van der Waals surface area contributed by atoms with Gasteiger partial charge in [-0.15, -0.1) is 35.3 Å². The Morgan fingerprint density at radius 3 is 2.46 bits per heavy atom. The van der Waals surface area contributed by atoms with Crippen molar-refractivity contribution in [3.05, 3.63) is 52.2 Å². The van der Waals surface area contributed by atoms with Gasteiger partial charge in [0.1, 0.15) is 0 Å². The van der Waals surface area contributed by atoms with Crippen LogP contribution in [-0.2, 0) is 23.0 Å². The Labute approximate surface area is 163 Å². The summed E-state index contributed by atoms with van der Waals surface area (Å²) in [5, 5.41) is 13.6. The van der Waals surface area contributed by atoms with Crippen LogP contribution in [0.5, 0.6) is 0 Å². The summed E-state index contributed by atoms with van der Waals surface area (Å²) in [4.78, 5) is 5.60. The van der Waals surface area contributed by atoms with Gasteiger partial charge in [-0.3, -0.25) is 4.99 Å². The smallest absolute Gasteiger partial charge is 0.238 e. The minimum absolute atomic E-state index is 0. The highest BCUT2D eigenvalue weighted by Gasteiger charge is 2.06. The number of sulfonamides is 1. The van der Waals surface area contributed by atoms with E-state index in [-0.39, 0.29) is 28.9 Å². The first-order valence-corrected chi connectivity index (χ1v) is 9.50. The van der Waals surface area contributed by atoms with Crippen LogP contribution in [0.15, 0.2) is 51.7 Å². The Balaban J connectivity index is 0.00000288. The number of hydrogen-bond acceptors (Lipinski definition) is 4. The van der Waals surface area contributed by atoms with Crippen LogP contribution in [0.25, 0.3) is 0 Å². The highest BCUT2D eigenvalue weighted by atomic mass is 127. The van der Waals surface area contributed by atoms with Crippen LogP contribution >= 0.6 is 35.3 Å². The molecule has 0 spiro atoms. The van der Waals surface area contributed by atoms with Crippen LogP contribution in [0.4, 0.5) is 0 Å². The van der Waals surface area contributed by atoms with E-state index in [2.05, 4.69) is 27.1 Å². The lowest BCUT2D eigenvalue weighted by molar-refractivity contribution is 0.597. The third kappa shape index (κ3) is 6.75. The molecule has 132 valence electrons. The van der Waals surface area contributed by atoms with Crippen LogP contribution in [0.1, 0.15) is 10.4 Å². The van der Waals surface area contributed by atoms with Gasteiger partial charge in [-0.2, -0.15) is 0 Å². The van der Waals surface area contributed by atoms with Gasteiger partial charge in [-0.05, 0) is 35.6 Å². The first-order valence-electron chi connectivity index (χ1n) is 7.07. The van der Waals surface area contributed by atoms with Gasteiger partial charge >= 0.3 is 0 Å². The van der Waals surface area contributed by atoms with Crippen LogP contribution in [0.2, 0.25) is 0 Å². The van der Waals surface area contributed by atoms with Crippen molar-refractivity contribution in [1.29, 1.82) is 0 Å². The van der Waals surface area contributed by atoms with Gasteiger partial charge < -0.3 is 10.6 Å². The molecule has 1 aromatic heterocycles. The normalized spacial score (nSPS) is 11.7. The summed E-state index contributed by atoms with van der Waals surface area (Å²) < 4.78 is 22.4. The number of nitrogens with one attached hydrogen (secondary N) is 2. The van der Waals surface area contributed by atoms with Crippen molar-refractivity contribution in [3.63, 3.8) is 0 Å². The van der Waals surface area contributed by atoms with Crippen LogP contribution < -0.4 is 15.8 Å². The molecule has 2 aromatic rings. The standard InChI is InChI=1S/C15H20N4O2S2.HI/c1-17-15(18-9-8-13-3-2-10-22-13)19-11-12-4-6-14(7-5-12)23(16,20)21;/h2-7,10H,8-9,11H2,1H3,(H2,16,20,21)(H2,17,18,19);1H. The molecule has 0 aliphatic rings. The zero-order chi connectivity index (χ0) is 16.7. The van der Waals surface area contributed by atoms with Crippen LogP contribution in [0.3, 0.4) is 0 Å². The molecule has 6 nitrogen and oxygen atoms in total. The fourth-order valence-electron chi connectivity index (χ4n) is 1.96. The Kier molecular flexibility index (Phi) is 8.67. The molecule has 0 fully saturated rings. The molecule has 2 rings (SSSR count). The minimum atomic E-state index is -3.64. The Morgan fingerprint density at radius 1 is 1.21 bits per heavy atom. The molecule has 4 N–H and O–H groups in total. The molecule has 0 bridgehead atoms. The highest BCUT2D eigenvalue weighted by molar-refractivity contribution is 14.0. The molecule has 0 atom stereocenters. The predicted molar refractivity (Wildman–Crippen MR) is 109 cm³/mol. The molecule has 0 amide bonds. The molecular weight excluding hydrogens is 459 g/mol. The van der Waals surface area contributed by atoms with Gasteiger partial charge in [0.2, 0.25) is 10.0 Å². The summed E-state index contributed by atoms with van der Waals surface area (Å²) >= 11 is 1.74. The van der Waals surface area contributed by atoms with Crippen molar-refractivity contribution < 1.29 is 8.42 Å². The summed E-state index contributed by atoms with van der Waals surface area (Å²) in [5.41, 5.74) is 0.943. The van der Waals surface area contributed by atoms with Gasteiger partial charge in [0.05, 0.1) is 4.90 Å². The van der Waals surface area contributed by atoms with Crippen molar-refractivity contribution >= 4 is 51.3 Å². The minimum Gasteiger partial charge on any atom is -0.356 e. The van der Waals surface area contributed by atoms with Crippen molar-refractivity contribution in [3.8, 4) is 0 Å². The summed E-state index contributed by atoms with van der Waals surface area (Å²) in [5.74, 6) is 0.706. The first kappa shape index (κ1) is 20.9. The van der Waals surface area contributed by atoms with E-state index >= 15 is 0 Å². The number of halogens is 1. The fraction of sp³-hybridized carbons (Fsp3) is 0.267. The number of thiophene rings is 1. The average molecular weight is 480 g/mol. The Morgan fingerprint density at radius 2 is 1.92 bits per heavy atom. The maximum atomic E-state index is 11.2. The molecule has 1 heterocycles. The second-order valence-corrected chi connectivity index (χ2v) is 7.46. The molecule has 24 heavy (non-hydrogen) atoms. The molecular formula is C15H21IN4O2S2. The third-order valence-electron chi connectivity index (χ3n) is 3.18. The van der Waals surface area contributed by atoms with E-state index in [9.17, 15) is 8.42 Å². The number of rotatable bonds is 6. The average Bonchev–Trinajstić information content (AvgIpc) is 3.03. The van der Waals surface area contributed by atoms with Gasteiger partial charge in [0.15, 0.2) is 5.96 Å². The molecule has 0 unspecified atom stereocenters. The van der Waals surface area contributed by atoms with Gasteiger partial charge in [0, 0.05) is 25.0 Å². The number of primary sulfonamides is 1. The van der Waals surface area contributed by atoms with E-state index in [4.69, 9.17) is 5.14 Å². The van der Waals surface area contributed by atoms with Crippen molar-refractivity contribution in [2.24, 2.45) is 10.1 Å². The van der Waals surface area contributed by atoms with E-state index in [1.807, 2.05) is 6.07 Å². The van der Waals surface area contributed by atoms with Crippen LogP contribution in [0, 0.1) is 0 Å². The maximum Gasteiger partial charge on any atom is 0.238 e. The molecule has 1 aromatic carbocycles. The lowest BCUT2D eigenvalue weighted by atomic mass is 10.2. The summed E-state index contributed by atoms with van der Waals surface area (Å²) in [6, 6.07) is 10.6. The molecule has 0 aliphatic carbocycles. The lowest BCUT2D eigenvalue weighted by Crippen LogP contribution is -2.37. The number of benzene rings is 1. The van der Waals surface area contributed by atoms with E-state index in [1.165, 1.54) is 17.0 Å². The third-order valence-corrected chi connectivity index (χ3v) is 5.04. The molecule has 0 radical (unpaired) electrons. The van der Waals surface area contributed by atoms with E-state index < -0.39 is 10.0 Å². The SMILES string of the molecule is CN=C(NCCc1cccs1)NCc1ccc(S(N)(=O)=O)cc1.I. The zero-order valence-corrected chi connectivity index (χ0v) is 17.2. The molecule has 0 saturated carbocycles. The highest BCUT2D eigenvalue weighted by Crippen LogP contribution is 2.09. The molecule has 9 heteroatoms. The zero-order valence-electron chi connectivity index (χ0n) is 13.2. The second kappa shape index (κ2) is 9.97.